The van der Waals surface area contributed by atoms with E-state index in [0.717, 1.165) is 0 Å². The average molecular weight is 354 g/mol. The molecule has 1 atom stereocenters. The van der Waals surface area contributed by atoms with Crippen molar-refractivity contribution in [1.29, 1.82) is 0 Å². The van der Waals surface area contributed by atoms with Gasteiger partial charge in [-0.1, -0.05) is 30.3 Å². The Morgan fingerprint density at radius 3 is 2.23 bits per heavy atom. The molecule has 2 aromatic rings. The highest BCUT2D eigenvalue weighted by molar-refractivity contribution is 6.47. The number of hydrogen-bond donors (Lipinski definition) is 3. The summed E-state index contributed by atoms with van der Waals surface area (Å²) in [5.74, 6) is -3.30. The fourth-order valence-electron chi connectivity index (χ4n) is 3.09. The van der Waals surface area contributed by atoms with Crippen LogP contribution in [-0.2, 0) is 6.42 Å². The number of rotatable bonds is 5. The molecular formula is C18H15BO7. The van der Waals surface area contributed by atoms with Gasteiger partial charge in [0.05, 0.1) is 11.1 Å². The van der Waals surface area contributed by atoms with Crippen molar-refractivity contribution in [1.82, 2.24) is 0 Å². The predicted molar refractivity (Wildman–Crippen MR) is 91.8 cm³/mol. The smallest absolute Gasteiger partial charge is 0.526 e. The lowest BCUT2D eigenvalue weighted by atomic mass is 9.64. The second kappa shape index (κ2) is 7.01. The van der Waals surface area contributed by atoms with Gasteiger partial charge in [0.25, 0.3) is 0 Å². The molecule has 0 amide bonds. The third-order valence-corrected chi connectivity index (χ3v) is 4.36. The first-order valence-electron chi connectivity index (χ1n) is 7.94. The van der Waals surface area contributed by atoms with E-state index in [1.54, 1.807) is 18.2 Å². The lowest BCUT2D eigenvalue weighted by Gasteiger charge is -2.28. The minimum absolute atomic E-state index is 0.0532. The van der Waals surface area contributed by atoms with Crippen LogP contribution in [0.4, 0.5) is 0 Å². The molecule has 0 spiro atoms. The summed E-state index contributed by atoms with van der Waals surface area (Å²) in [5, 5.41) is 28.6. The Morgan fingerprint density at radius 2 is 1.58 bits per heavy atom. The van der Waals surface area contributed by atoms with Crippen molar-refractivity contribution in [3.05, 3.63) is 64.7 Å². The molecule has 0 bridgehead atoms. The van der Waals surface area contributed by atoms with Crippen LogP contribution in [0, 0.1) is 0 Å². The van der Waals surface area contributed by atoms with Crippen molar-refractivity contribution in [2.45, 2.75) is 18.7 Å². The molecule has 1 aliphatic heterocycles. The third kappa shape index (κ3) is 3.31. The van der Waals surface area contributed by atoms with Gasteiger partial charge < -0.3 is 19.9 Å². The summed E-state index contributed by atoms with van der Waals surface area (Å²) in [6.45, 7) is 0. The number of carbonyl (C=O) groups excluding carboxylic acids is 1. The molecule has 2 aromatic carbocycles. The van der Waals surface area contributed by atoms with E-state index in [0.29, 0.717) is 5.56 Å². The molecule has 26 heavy (non-hydrogen) atoms. The van der Waals surface area contributed by atoms with E-state index in [9.17, 15) is 29.6 Å². The van der Waals surface area contributed by atoms with Crippen molar-refractivity contribution < 1.29 is 34.3 Å². The molecule has 8 heteroatoms. The fraction of sp³-hybridized carbons (Fsp3) is 0.167. The minimum atomic E-state index is -1.36. The van der Waals surface area contributed by atoms with Crippen LogP contribution in [0.15, 0.2) is 42.5 Å². The Balaban J connectivity index is 1.84. The summed E-state index contributed by atoms with van der Waals surface area (Å²) in [6.07, 6.45) is 0.126. The topological polar surface area (TPSA) is 121 Å². The normalized spacial score (nSPS) is 15.7. The van der Waals surface area contributed by atoms with Gasteiger partial charge in [-0.05, 0) is 24.1 Å². The van der Waals surface area contributed by atoms with E-state index >= 15 is 0 Å². The maximum atomic E-state index is 12.5. The van der Waals surface area contributed by atoms with Gasteiger partial charge in [0.1, 0.15) is 5.75 Å². The highest BCUT2D eigenvalue weighted by atomic mass is 16.5. The van der Waals surface area contributed by atoms with Crippen LogP contribution in [-0.4, -0.2) is 40.1 Å². The number of carboxylic acid groups (broad SMARTS) is 2. The zero-order valence-electron chi connectivity index (χ0n) is 13.6. The van der Waals surface area contributed by atoms with Crippen molar-refractivity contribution in [2.75, 3.05) is 0 Å². The van der Waals surface area contributed by atoms with Crippen LogP contribution < -0.4 is 4.65 Å². The number of aromatic carboxylic acids is 2. The van der Waals surface area contributed by atoms with Crippen LogP contribution in [0.2, 0.25) is 5.82 Å². The summed E-state index contributed by atoms with van der Waals surface area (Å²) >= 11 is 0. The number of para-hydroxylation sites is 1. The highest BCUT2D eigenvalue weighted by Gasteiger charge is 2.38. The Hall–Kier alpha value is -3.13. The highest BCUT2D eigenvalue weighted by Crippen LogP contribution is 2.36. The Labute approximate surface area is 149 Å². The summed E-state index contributed by atoms with van der Waals surface area (Å²) in [7, 11) is -1.36. The summed E-state index contributed by atoms with van der Waals surface area (Å²) < 4.78 is 5.36. The van der Waals surface area contributed by atoms with Crippen LogP contribution in [0.5, 0.6) is 5.75 Å². The molecular weight excluding hydrogens is 339 g/mol. The van der Waals surface area contributed by atoms with Gasteiger partial charge in [-0.3, -0.25) is 4.79 Å². The number of fused-ring (bicyclic) bond motifs is 1. The predicted octanol–water partition coefficient (Wildman–Crippen LogP) is 2.14. The summed E-state index contributed by atoms with van der Waals surface area (Å²) in [5.41, 5.74) is 0.497. The van der Waals surface area contributed by atoms with Gasteiger partial charge in [0.15, 0.2) is 5.78 Å². The molecule has 7 nitrogen and oxygen atoms in total. The van der Waals surface area contributed by atoms with Crippen LogP contribution in [0.3, 0.4) is 0 Å². The number of ketones is 1. The first-order chi connectivity index (χ1) is 12.4. The molecule has 132 valence electrons. The zero-order chi connectivity index (χ0) is 18.8. The Kier molecular flexibility index (Phi) is 4.77. The van der Waals surface area contributed by atoms with Crippen molar-refractivity contribution >= 4 is 24.8 Å². The quantitative estimate of drug-likeness (QED) is 0.556. The van der Waals surface area contributed by atoms with Crippen molar-refractivity contribution in [3.8, 4) is 5.75 Å². The first-order valence-corrected chi connectivity index (χ1v) is 7.94. The number of benzene rings is 2. The van der Waals surface area contributed by atoms with Gasteiger partial charge in [0.2, 0.25) is 0 Å². The molecule has 3 rings (SSSR count). The molecule has 0 aliphatic carbocycles. The van der Waals surface area contributed by atoms with Gasteiger partial charge in [-0.2, -0.15) is 0 Å². The third-order valence-electron chi connectivity index (χ3n) is 4.36. The summed E-state index contributed by atoms with van der Waals surface area (Å²) in [4.78, 5) is 35.1. The molecule has 0 unspecified atom stereocenters. The standard InChI is InChI=1S/C18H15BO7/c20-15(12-5-1-2-6-13(12)17(21)22)9-11-8-10-4-3-7-14(18(23)24)16(10)26-19(11)25/h1-7,11,25H,8-9H2,(H,21,22)(H,23,24)/t11-/m1/s1. The summed E-state index contributed by atoms with van der Waals surface area (Å²) in [6, 6.07) is 10.5. The number of carbonyl (C=O) groups is 3. The van der Waals surface area contributed by atoms with Crippen molar-refractivity contribution in [3.63, 3.8) is 0 Å². The molecule has 0 saturated heterocycles. The number of carboxylic acids is 2. The van der Waals surface area contributed by atoms with E-state index < -0.39 is 30.7 Å². The lowest BCUT2D eigenvalue weighted by Crippen LogP contribution is -2.36. The maximum absolute atomic E-state index is 12.5. The largest absolute Gasteiger partial charge is 0.535 e. The minimum Gasteiger partial charge on any atom is -0.535 e. The second-order valence-electron chi connectivity index (χ2n) is 6.05. The van der Waals surface area contributed by atoms with E-state index in [2.05, 4.69) is 0 Å². The molecule has 1 aliphatic rings. The molecule has 0 radical (unpaired) electrons. The van der Waals surface area contributed by atoms with Crippen molar-refractivity contribution in [2.24, 2.45) is 0 Å². The Morgan fingerprint density at radius 1 is 0.962 bits per heavy atom. The molecule has 0 fully saturated rings. The number of hydrogen-bond acceptors (Lipinski definition) is 5. The van der Waals surface area contributed by atoms with E-state index in [-0.39, 0.29) is 35.3 Å². The van der Waals surface area contributed by atoms with Crippen LogP contribution >= 0.6 is 0 Å². The van der Waals surface area contributed by atoms with Crippen LogP contribution in [0.25, 0.3) is 0 Å². The zero-order valence-corrected chi connectivity index (χ0v) is 13.6. The monoisotopic (exact) mass is 354 g/mol. The van der Waals surface area contributed by atoms with Crippen LogP contribution in [0.1, 0.15) is 43.1 Å². The fourth-order valence-corrected chi connectivity index (χ4v) is 3.09. The molecule has 3 N–H and O–H groups in total. The van der Waals surface area contributed by atoms with E-state index in [1.807, 2.05) is 0 Å². The van der Waals surface area contributed by atoms with Gasteiger partial charge in [-0.15, -0.1) is 0 Å². The van der Waals surface area contributed by atoms with Gasteiger partial charge in [-0.25, -0.2) is 9.59 Å². The lowest BCUT2D eigenvalue weighted by molar-refractivity contribution is 0.0683. The molecule has 0 aromatic heterocycles. The second-order valence-corrected chi connectivity index (χ2v) is 6.05. The maximum Gasteiger partial charge on any atom is 0.526 e. The Bertz CT molecular complexity index is 893. The SMILES string of the molecule is O=C(O)c1ccccc1C(=O)C[C@H]1Cc2cccc(C(=O)O)c2OB1O. The first kappa shape index (κ1) is 17.7. The average Bonchev–Trinajstić information content (AvgIpc) is 2.61. The van der Waals surface area contributed by atoms with E-state index in [4.69, 9.17) is 4.65 Å². The number of Topliss-reactive ketones (excluding diaryl/α,β-unsaturated/α-hetero) is 1. The molecule has 0 saturated carbocycles. The molecule has 1 heterocycles. The van der Waals surface area contributed by atoms with Gasteiger partial charge >= 0.3 is 19.1 Å². The van der Waals surface area contributed by atoms with E-state index in [1.165, 1.54) is 24.3 Å². The van der Waals surface area contributed by atoms with Gasteiger partial charge in [0, 0.05) is 17.8 Å².